The molecule has 2 N–H and O–H groups in total. The first-order valence-electron chi connectivity index (χ1n) is 6.30. The van der Waals surface area contributed by atoms with Crippen molar-refractivity contribution in [3.8, 4) is 0 Å². The summed E-state index contributed by atoms with van der Waals surface area (Å²) < 4.78 is 2.21. The van der Waals surface area contributed by atoms with Crippen LogP contribution < -0.4 is 5.73 Å². The molecule has 1 heterocycles. The molecule has 1 aliphatic carbocycles. The van der Waals surface area contributed by atoms with Gasteiger partial charge in [-0.05, 0) is 31.2 Å². The van der Waals surface area contributed by atoms with Crippen LogP contribution in [-0.2, 0) is 6.54 Å². The molecule has 0 bridgehead atoms. The lowest BCUT2D eigenvalue weighted by Crippen LogP contribution is -2.20. The number of nitrogens with zero attached hydrogens (tertiary/aromatic N) is 3. The standard InChI is InChI=1S/C12H22N4/c1-9(2)7-16-8-14-15-12(16)11-5-3-4-10(11)6-13/h8-11H,3-7,13H2,1-2H3. The zero-order valence-electron chi connectivity index (χ0n) is 10.3. The predicted octanol–water partition coefficient (Wildman–Crippen LogP) is 1.78. The summed E-state index contributed by atoms with van der Waals surface area (Å²) in [4.78, 5) is 0. The number of rotatable bonds is 4. The fourth-order valence-electron chi connectivity index (χ4n) is 2.74. The fourth-order valence-corrected chi connectivity index (χ4v) is 2.74. The van der Waals surface area contributed by atoms with E-state index in [-0.39, 0.29) is 0 Å². The molecule has 0 amide bonds. The Kier molecular flexibility index (Phi) is 3.59. The molecule has 1 fully saturated rings. The molecular formula is C12H22N4. The van der Waals surface area contributed by atoms with Crippen LogP contribution in [0.5, 0.6) is 0 Å². The smallest absolute Gasteiger partial charge is 0.136 e. The van der Waals surface area contributed by atoms with Crippen LogP contribution in [0.25, 0.3) is 0 Å². The van der Waals surface area contributed by atoms with Crippen molar-refractivity contribution in [2.45, 2.75) is 45.6 Å². The van der Waals surface area contributed by atoms with Crippen molar-refractivity contribution in [3.05, 3.63) is 12.2 Å². The van der Waals surface area contributed by atoms with E-state index in [2.05, 4.69) is 28.6 Å². The minimum atomic E-state index is 0.534. The van der Waals surface area contributed by atoms with Crippen LogP contribution in [0.15, 0.2) is 6.33 Å². The van der Waals surface area contributed by atoms with Crippen molar-refractivity contribution in [2.75, 3.05) is 6.54 Å². The largest absolute Gasteiger partial charge is 0.330 e. The van der Waals surface area contributed by atoms with Gasteiger partial charge >= 0.3 is 0 Å². The van der Waals surface area contributed by atoms with E-state index in [1.54, 1.807) is 0 Å². The van der Waals surface area contributed by atoms with Gasteiger partial charge in [-0.15, -0.1) is 10.2 Å². The SMILES string of the molecule is CC(C)Cn1cnnc1C1CCCC1CN. The Bertz CT molecular complexity index is 332. The number of hydrogen-bond donors (Lipinski definition) is 1. The molecule has 0 spiro atoms. The molecule has 2 unspecified atom stereocenters. The molecule has 90 valence electrons. The van der Waals surface area contributed by atoms with E-state index >= 15 is 0 Å². The molecule has 0 aliphatic heterocycles. The van der Waals surface area contributed by atoms with Gasteiger partial charge in [0, 0.05) is 12.5 Å². The van der Waals surface area contributed by atoms with Crippen LogP contribution in [-0.4, -0.2) is 21.3 Å². The summed E-state index contributed by atoms with van der Waals surface area (Å²) in [5, 5.41) is 8.37. The third-order valence-electron chi connectivity index (χ3n) is 3.50. The Labute approximate surface area is 97.2 Å². The summed E-state index contributed by atoms with van der Waals surface area (Å²) in [6.45, 7) is 6.23. The zero-order valence-corrected chi connectivity index (χ0v) is 10.3. The van der Waals surface area contributed by atoms with Gasteiger partial charge in [0.25, 0.3) is 0 Å². The third-order valence-corrected chi connectivity index (χ3v) is 3.50. The molecule has 2 rings (SSSR count). The van der Waals surface area contributed by atoms with Gasteiger partial charge in [0.05, 0.1) is 0 Å². The Morgan fingerprint density at radius 3 is 3.00 bits per heavy atom. The maximum absolute atomic E-state index is 5.82. The number of aromatic nitrogens is 3. The lowest BCUT2D eigenvalue weighted by Gasteiger charge is -2.18. The van der Waals surface area contributed by atoms with Gasteiger partial charge in [0.15, 0.2) is 0 Å². The second kappa shape index (κ2) is 4.95. The van der Waals surface area contributed by atoms with Crippen molar-refractivity contribution >= 4 is 0 Å². The highest BCUT2D eigenvalue weighted by atomic mass is 15.3. The van der Waals surface area contributed by atoms with E-state index < -0.39 is 0 Å². The first-order chi connectivity index (χ1) is 7.72. The van der Waals surface area contributed by atoms with Crippen molar-refractivity contribution in [1.29, 1.82) is 0 Å². The van der Waals surface area contributed by atoms with Crippen LogP contribution >= 0.6 is 0 Å². The highest BCUT2D eigenvalue weighted by Crippen LogP contribution is 2.38. The molecule has 2 atom stereocenters. The van der Waals surface area contributed by atoms with Crippen molar-refractivity contribution < 1.29 is 0 Å². The molecule has 0 saturated heterocycles. The highest BCUT2D eigenvalue weighted by molar-refractivity contribution is 5.03. The molecule has 4 heteroatoms. The Morgan fingerprint density at radius 2 is 2.31 bits per heavy atom. The average Bonchev–Trinajstić information content (AvgIpc) is 2.83. The van der Waals surface area contributed by atoms with E-state index in [4.69, 9.17) is 5.73 Å². The molecule has 16 heavy (non-hydrogen) atoms. The van der Waals surface area contributed by atoms with E-state index in [1.165, 1.54) is 19.3 Å². The van der Waals surface area contributed by atoms with Gasteiger partial charge in [0.2, 0.25) is 0 Å². The summed E-state index contributed by atoms with van der Waals surface area (Å²) in [5.41, 5.74) is 5.82. The van der Waals surface area contributed by atoms with Crippen molar-refractivity contribution in [1.82, 2.24) is 14.8 Å². The van der Waals surface area contributed by atoms with E-state index in [1.807, 2.05) is 6.33 Å². The monoisotopic (exact) mass is 222 g/mol. The Morgan fingerprint density at radius 1 is 1.50 bits per heavy atom. The normalized spacial score (nSPS) is 25.5. The lowest BCUT2D eigenvalue weighted by molar-refractivity contribution is 0.434. The fraction of sp³-hybridized carbons (Fsp3) is 0.833. The number of hydrogen-bond acceptors (Lipinski definition) is 3. The van der Waals surface area contributed by atoms with Crippen LogP contribution in [0.4, 0.5) is 0 Å². The summed E-state index contributed by atoms with van der Waals surface area (Å²) >= 11 is 0. The van der Waals surface area contributed by atoms with Gasteiger partial charge < -0.3 is 10.3 Å². The third kappa shape index (κ3) is 2.26. The molecule has 1 saturated carbocycles. The summed E-state index contributed by atoms with van der Waals surface area (Å²) in [6, 6.07) is 0. The maximum atomic E-state index is 5.82. The maximum Gasteiger partial charge on any atom is 0.136 e. The molecule has 1 aromatic heterocycles. The predicted molar refractivity (Wildman–Crippen MR) is 64.0 cm³/mol. The second-order valence-electron chi connectivity index (χ2n) is 5.27. The highest BCUT2D eigenvalue weighted by Gasteiger charge is 2.31. The molecule has 0 aromatic carbocycles. The van der Waals surface area contributed by atoms with Gasteiger partial charge in [-0.2, -0.15) is 0 Å². The van der Waals surface area contributed by atoms with Crippen LogP contribution in [0, 0.1) is 11.8 Å². The van der Waals surface area contributed by atoms with Crippen LogP contribution in [0.2, 0.25) is 0 Å². The topological polar surface area (TPSA) is 56.7 Å². The summed E-state index contributed by atoms with van der Waals surface area (Å²) in [5.74, 6) is 2.93. The molecule has 4 nitrogen and oxygen atoms in total. The number of nitrogens with two attached hydrogens (primary N) is 1. The molecule has 1 aromatic rings. The molecular weight excluding hydrogens is 200 g/mol. The first kappa shape index (κ1) is 11.6. The van der Waals surface area contributed by atoms with Gasteiger partial charge in [0.1, 0.15) is 12.2 Å². The average molecular weight is 222 g/mol. The second-order valence-corrected chi connectivity index (χ2v) is 5.27. The van der Waals surface area contributed by atoms with Gasteiger partial charge in [-0.1, -0.05) is 20.3 Å². The van der Waals surface area contributed by atoms with E-state index in [0.717, 1.165) is 18.9 Å². The summed E-state index contributed by atoms with van der Waals surface area (Å²) in [7, 11) is 0. The van der Waals surface area contributed by atoms with Crippen LogP contribution in [0.3, 0.4) is 0 Å². The van der Waals surface area contributed by atoms with Crippen molar-refractivity contribution in [2.24, 2.45) is 17.6 Å². The Hall–Kier alpha value is -0.900. The quantitative estimate of drug-likeness (QED) is 0.844. The lowest BCUT2D eigenvalue weighted by atomic mass is 9.95. The first-order valence-corrected chi connectivity index (χ1v) is 6.30. The molecule has 1 aliphatic rings. The van der Waals surface area contributed by atoms with E-state index in [9.17, 15) is 0 Å². The van der Waals surface area contributed by atoms with E-state index in [0.29, 0.717) is 17.8 Å². The van der Waals surface area contributed by atoms with Gasteiger partial charge in [-0.25, -0.2) is 0 Å². The zero-order chi connectivity index (χ0) is 11.5. The van der Waals surface area contributed by atoms with Gasteiger partial charge in [-0.3, -0.25) is 0 Å². The Balaban J connectivity index is 2.16. The summed E-state index contributed by atoms with van der Waals surface area (Å²) in [6.07, 6.45) is 5.61. The molecule has 0 radical (unpaired) electrons. The minimum Gasteiger partial charge on any atom is -0.330 e. The van der Waals surface area contributed by atoms with Crippen molar-refractivity contribution in [3.63, 3.8) is 0 Å². The minimum absolute atomic E-state index is 0.534. The van der Waals surface area contributed by atoms with Crippen LogP contribution in [0.1, 0.15) is 44.9 Å².